The molecule has 2 aromatic rings. The third-order valence-corrected chi connectivity index (χ3v) is 7.19. The molecule has 0 aliphatic heterocycles. The molecule has 0 saturated heterocycles. The zero-order chi connectivity index (χ0) is 23.5. The maximum atomic E-state index is 13.2. The first kappa shape index (κ1) is 24.3. The fraction of sp³-hybridized carbons (Fsp3) is 0.476. The van der Waals surface area contributed by atoms with Crippen LogP contribution >= 0.6 is 0 Å². The van der Waals surface area contributed by atoms with Crippen LogP contribution in [0.15, 0.2) is 47.5 Å². The molecular weight excluding hydrogens is 447 g/mol. The standard InChI is InChI=1S/C21H26F3N3O4S/c1-25-10-4-6-18(25)14-27(17-8-9-17)20(28)15-26(11-12-31-2)32(29,30)19-7-3-5-16(13-19)21(22,23)24/h3-7,10,13,17H,8-9,11-12,14-15H2,1-2H3. The van der Waals surface area contributed by atoms with Crippen molar-refractivity contribution in [1.29, 1.82) is 0 Å². The largest absolute Gasteiger partial charge is 0.416 e. The number of hydrogen-bond acceptors (Lipinski definition) is 4. The number of halogens is 3. The summed E-state index contributed by atoms with van der Waals surface area (Å²) < 4.78 is 73.3. The average molecular weight is 474 g/mol. The van der Waals surface area contributed by atoms with Crippen LogP contribution in [0.1, 0.15) is 24.1 Å². The predicted molar refractivity (Wildman–Crippen MR) is 111 cm³/mol. The number of ether oxygens (including phenoxy) is 1. The molecular formula is C21H26F3N3O4S. The molecule has 1 aliphatic carbocycles. The van der Waals surface area contributed by atoms with Crippen molar-refractivity contribution in [2.45, 2.75) is 36.5 Å². The van der Waals surface area contributed by atoms with Gasteiger partial charge < -0.3 is 14.2 Å². The lowest BCUT2D eigenvalue weighted by atomic mass is 10.2. The third kappa shape index (κ3) is 5.70. The minimum atomic E-state index is -4.68. The Morgan fingerprint density at radius 1 is 1.22 bits per heavy atom. The van der Waals surface area contributed by atoms with Gasteiger partial charge in [0.2, 0.25) is 15.9 Å². The highest BCUT2D eigenvalue weighted by Crippen LogP contribution is 2.32. The molecule has 1 saturated carbocycles. The van der Waals surface area contributed by atoms with Crippen LogP contribution in [0.5, 0.6) is 0 Å². The van der Waals surface area contributed by atoms with Crippen LogP contribution in [0.25, 0.3) is 0 Å². The lowest BCUT2D eigenvalue weighted by Gasteiger charge is -2.27. The van der Waals surface area contributed by atoms with Gasteiger partial charge in [-0.3, -0.25) is 4.79 Å². The molecule has 176 valence electrons. The molecule has 1 amide bonds. The normalized spacial score (nSPS) is 14.7. The smallest absolute Gasteiger partial charge is 0.383 e. The van der Waals surface area contributed by atoms with E-state index < -0.39 is 39.1 Å². The number of benzene rings is 1. The topological polar surface area (TPSA) is 71.8 Å². The maximum Gasteiger partial charge on any atom is 0.416 e. The van der Waals surface area contributed by atoms with Gasteiger partial charge in [-0.2, -0.15) is 17.5 Å². The average Bonchev–Trinajstić information content (AvgIpc) is 3.50. The van der Waals surface area contributed by atoms with E-state index >= 15 is 0 Å². The van der Waals surface area contributed by atoms with Crippen molar-refractivity contribution in [2.24, 2.45) is 7.05 Å². The summed E-state index contributed by atoms with van der Waals surface area (Å²) in [6.07, 6.45) is -1.17. The van der Waals surface area contributed by atoms with Crippen LogP contribution in [0, 0.1) is 0 Å². The highest BCUT2D eigenvalue weighted by atomic mass is 32.2. The van der Waals surface area contributed by atoms with Crippen molar-refractivity contribution >= 4 is 15.9 Å². The second-order valence-electron chi connectivity index (χ2n) is 7.72. The molecule has 0 N–H and O–H groups in total. The van der Waals surface area contributed by atoms with E-state index in [2.05, 4.69) is 0 Å². The Kier molecular flexibility index (Phi) is 7.31. The molecule has 0 atom stereocenters. The number of carbonyl (C=O) groups is 1. The number of aryl methyl sites for hydroxylation is 1. The molecule has 1 fully saturated rings. The van der Waals surface area contributed by atoms with Gasteiger partial charge in [0.25, 0.3) is 0 Å². The van der Waals surface area contributed by atoms with Crippen LogP contribution in [-0.2, 0) is 39.3 Å². The number of alkyl halides is 3. The number of aromatic nitrogens is 1. The lowest BCUT2D eigenvalue weighted by Crippen LogP contribution is -2.44. The molecule has 0 unspecified atom stereocenters. The van der Waals surface area contributed by atoms with Gasteiger partial charge in [0.05, 0.1) is 30.2 Å². The summed E-state index contributed by atoms with van der Waals surface area (Å²) >= 11 is 0. The van der Waals surface area contributed by atoms with Gasteiger partial charge in [-0.15, -0.1) is 0 Å². The van der Waals surface area contributed by atoms with E-state index in [0.29, 0.717) is 12.6 Å². The van der Waals surface area contributed by atoms with Crippen LogP contribution < -0.4 is 0 Å². The minimum absolute atomic E-state index is 0.00723. The summed E-state index contributed by atoms with van der Waals surface area (Å²) in [7, 11) is -1.13. The molecule has 0 bridgehead atoms. The summed E-state index contributed by atoms with van der Waals surface area (Å²) in [5.74, 6) is -0.402. The monoisotopic (exact) mass is 473 g/mol. The Labute approximate surface area is 185 Å². The van der Waals surface area contributed by atoms with Crippen LogP contribution in [0.2, 0.25) is 0 Å². The summed E-state index contributed by atoms with van der Waals surface area (Å²) in [4.78, 5) is 14.2. The fourth-order valence-corrected chi connectivity index (χ4v) is 4.76. The number of sulfonamides is 1. The highest BCUT2D eigenvalue weighted by molar-refractivity contribution is 7.89. The van der Waals surface area contributed by atoms with Gasteiger partial charge in [-0.1, -0.05) is 6.07 Å². The van der Waals surface area contributed by atoms with Gasteiger partial charge in [-0.25, -0.2) is 8.42 Å². The number of amides is 1. The van der Waals surface area contributed by atoms with Crippen molar-refractivity contribution < 1.29 is 31.1 Å². The Morgan fingerprint density at radius 2 is 1.94 bits per heavy atom. The predicted octanol–water partition coefficient (Wildman–Crippen LogP) is 2.87. The number of methoxy groups -OCH3 is 1. The molecule has 32 heavy (non-hydrogen) atoms. The van der Waals surface area contributed by atoms with Gasteiger partial charge in [0.15, 0.2) is 0 Å². The molecule has 11 heteroatoms. The quantitative estimate of drug-likeness (QED) is 0.532. The SMILES string of the molecule is COCCN(CC(=O)N(Cc1cccn1C)C1CC1)S(=O)(=O)c1cccc(C(F)(F)F)c1. The summed E-state index contributed by atoms with van der Waals surface area (Å²) in [5, 5.41) is 0. The number of nitrogens with zero attached hydrogens (tertiary/aromatic N) is 3. The minimum Gasteiger partial charge on any atom is -0.383 e. The second kappa shape index (κ2) is 9.63. The molecule has 1 aromatic heterocycles. The second-order valence-corrected chi connectivity index (χ2v) is 9.66. The van der Waals surface area contributed by atoms with Crippen molar-refractivity contribution in [3.63, 3.8) is 0 Å². The Hall–Kier alpha value is -2.37. The first-order valence-corrected chi connectivity index (χ1v) is 11.5. The van der Waals surface area contributed by atoms with Crippen LogP contribution in [0.4, 0.5) is 13.2 Å². The van der Waals surface area contributed by atoms with E-state index in [1.807, 2.05) is 29.9 Å². The third-order valence-electron chi connectivity index (χ3n) is 5.35. The zero-order valence-corrected chi connectivity index (χ0v) is 18.7. The molecule has 7 nitrogen and oxygen atoms in total. The molecule has 1 heterocycles. The number of hydrogen-bond donors (Lipinski definition) is 0. The number of carbonyl (C=O) groups excluding carboxylic acids is 1. The summed E-state index contributed by atoms with van der Waals surface area (Å²) in [6, 6.07) is 7.28. The maximum absolute atomic E-state index is 13.2. The van der Waals surface area contributed by atoms with E-state index in [4.69, 9.17) is 4.74 Å². The van der Waals surface area contributed by atoms with Crippen molar-refractivity contribution in [3.8, 4) is 0 Å². The summed E-state index contributed by atoms with van der Waals surface area (Å²) in [5.41, 5.74) is -0.172. The first-order valence-electron chi connectivity index (χ1n) is 10.1. The van der Waals surface area contributed by atoms with Crippen molar-refractivity contribution in [1.82, 2.24) is 13.8 Å². The first-order chi connectivity index (χ1) is 15.0. The lowest BCUT2D eigenvalue weighted by molar-refractivity contribution is -0.137. The fourth-order valence-electron chi connectivity index (χ4n) is 3.34. The summed E-state index contributed by atoms with van der Waals surface area (Å²) in [6.45, 7) is -0.326. The van der Waals surface area contributed by atoms with Crippen molar-refractivity contribution in [2.75, 3.05) is 26.8 Å². The van der Waals surface area contributed by atoms with Gasteiger partial charge in [0.1, 0.15) is 0 Å². The van der Waals surface area contributed by atoms with E-state index in [0.717, 1.165) is 41.0 Å². The van der Waals surface area contributed by atoms with Gasteiger partial charge >= 0.3 is 6.18 Å². The Bertz CT molecular complexity index is 1050. The molecule has 0 spiro atoms. The van der Waals surface area contributed by atoms with Crippen molar-refractivity contribution in [3.05, 3.63) is 53.9 Å². The molecule has 1 aromatic carbocycles. The van der Waals surface area contributed by atoms with Crippen LogP contribution in [-0.4, -0.2) is 60.9 Å². The van der Waals surface area contributed by atoms with Gasteiger partial charge in [-0.05, 0) is 43.2 Å². The number of rotatable bonds is 10. The van der Waals surface area contributed by atoms with Gasteiger partial charge in [0, 0.05) is 38.6 Å². The van der Waals surface area contributed by atoms with Crippen LogP contribution in [0.3, 0.4) is 0 Å². The van der Waals surface area contributed by atoms with E-state index in [-0.39, 0.29) is 19.2 Å². The van der Waals surface area contributed by atoms with E-state index in [9.17, 15) is 26.4 Å². The van der Waals surface area contributed by atoms with E-state index in [1.54, 1.807) is 4.90 Å². The Balaban J connectivity index is 1.85. The zero-order valence-electron chi connectivity index (χ0n) is 17.9. The molecule has 1 aliphatic rings. The van der Waals surface area contributed by atoms with E-state index in [1.165, 1.54) is 7.11 Å². The Morgan fingerprint density at radius 3 is 2.50 bits per heavy atom. The molecule has 3 rings (SSSR count). The highest BCUT2D eigenvalue weighted by Gasteiger charge is 2.37. The molecule has 0 radical (unpaired) electrons.